The van der Waals surface area contributed by atoms with Gasteiger partial charge in [-0.25, -0.2) is 4.98 Å². The molecule has 0 aliphatic carbocycles. The third-order valence-electron chi connectivity index (χ3n) is 5.37. The molecule has 0 saturated carbocycles. The normalized spacial score (nSPS) is 13.5. The largest absolute Gasteiger partial charge is 0.330 e. The zero-order valence-electron chi connectivity index (χ0n) is 17.2. The number of amides is 2. The molecule has 0 saturated heterocycles. The summed E-state index contributed by atoms with van der Waals surface area (Å²) in [5.41, 5.74) is 3.16. The van der Waals surface area contributed by atoms with E-state index in [9.17, 15) is 14.4 Å². The fourth-order valence-electron chi connectivity index (χ4n) is 3.95. The van der Waals surface area contributed by atoms with Crippen LogP contribution < -0.4 is 16.2 Å². The number of carbonyl (C=O) groups is 2. The van der Waals surface area contributed by atoms with Crippen molar-refractivity contribution in [2.24, 2.45) is 0 Å². The van der Waals surface area contributed by atoms with E-state index in [1.807, 2.05) is 13.0 Å². The van der Waals surface area contributed by atoms with Gasteiger partial charge in [-0.3, -0.25) is 19.0 Å². The number of aryl methyl sites for hydroxylation is 2. The molecule has 3 aromatic rings. The third-order valence-corrected chi connectivity index (χ3v) is 5.37. The number of carbonyl (C=O) groups excluding carboxylic acids is 2. The predicted octanol–water partition coefficient (Wildman–Crippen LogP) is 2.83. The van der Waals surface area contributed by atoms with Gasteiger partial charge in [0.05, 0.1) is 5.52 Å². The Balaban J connectivity index is 1.58. The van der Waals surface area contributed by atoms with Crippen LogP contribution in [-0.2, 0) is 29.1 Å². The second kappa shape index (κ2) is 8.14. The van der Waals surface area contributed by atoms with Crippen LogP contribution in [0.15, 0.2) is 35.1 Å². The fraction of sp³-hybridized carbons (Fsp3) is 0.364. The molecule has 0 radical (unpaired) electrons. The number of fused-ring (bicyclic) bond motifs is 2. The van der Waals surface area contributed by atoms with Crippen LogP contribution in [0.5, 0.6) is 0 Å². The lowest BCUT2D eigenvalue weighted by Gasteiger charge is -2.12. The van der Waals surface area contributed by atoms with Crippen LogP contribution in [0.25, 0.3) is 11.0 Å². The van der Waals surface area contributed by atoms with Crippen molar-refractivity contribution in [3.05, 3.63) is 52.2 Å². The summed E-state index contributed by atoms with van der Waals surface area (Å²) in [6.07, 6.45) is 3.91. The van der Waals surface area contributed by atoms with E-state index in [1.165, 1.54) is 6.92 Å². The van der Waals surface area contributed by atoms with Crippen molar-refractivity contribution in [1.82, 2.24) is 14.1 Å². The van der Waals surface area contributed by atoms with Crippen LogP contribution in [0, 0.1) is 6.92 Å². The maximum absolute atomic E-state index is 13.2. The van der Waals surface area contributed by atoms with Gasteiger partial charge in [0.25, 0.3) is 5.56 Å². The highest BCUT2D eigenvalue weighted by Crippen LogP contribution is 2.19. The topological polar surface area (TPSA) is 98.0 Å². The van der Waals surface area contributed by atoms with Gasteiger partial charge in [0.2, 0.25) is 11.8 Å². The number of anilines is 2. The molecule has 2 amide bonds. The Kier molecular flexibility index (Phi) is 5.39. The number of nitrogens with zero attached hydrogens (tertiary/aromatic N) is 3. The number of hydrogen-bond donors (Lipinski definition) is 2. The second-order valence-electron chi connectivity index (χ2n) is 7.71. The Morgan fingerprint density at radius 2 is 1.77 bits per heavy atom. The van der Waals surface area contributed by atoms with E-state index >= 15 is 0 Å². The van der Waals surface area contributed by atoms with Crippen molar-refractivity contribution >= 4 is 34.2 Å². The molecule has 8 nitrogen and oxygen atoms in total. The number of benzene rings is 1. The Hall–Kier alpha value is -3.42. The van der Waals surface area contributed by atoms with E-state index in [1.54, 1.807) is 33.4 Å². The van der Waals surface area contributed by atoms with Crippen LogP contribution in [0.2, 0.25) is 0 Å². The number of nitrogens with one attached hydrogen (secondary N) is 2. The fourth-order valence-corrected chi connectivity index (χ4v) is 3.95. The van der Waals surface area contributed by atoms with Gasteiger partial charge in [0, 0.05) is 37.0 Å². The average Bonchev–Trinajstić information content (AvgIpc) is 2.86. The van der Waals surface area contributed by atoms with Crippen LogP contribution >= 0.6 is 0 Å². The Morgan fingerprint density at radius 1 is 1.07 bits per heavy atom. The SMILES string of the molecule is CC(=O)Nc1ccc(NC(=O)Cn2c(C)cc3nc4n(c(=O)c32)CCCCC4)cc1. The smallest absolute Gasteiger partial charge is 0.278 e. The van der Waals surface area contributed by atoms with Gasteiger partial charge < -0.3 is 15.2 Å². The minimum atomic E-state index is -0.234. The van der Waals surface area contributed by atoms with E-state index in [-0.39, 0.29) is 23.9 Å². The van der Waals surface area contributed by atoms with Gasteiger partial charge in [0.15, 0.2) is 0 Å². The lowest BCUT2D eigenvalue weighted by molar-refractivity contribution is -0.117. The third kappa shape index (κ3) is 3.98. The minimum Gasteiger partial charge on any atom is -0.330 e. The van der Waals surface area contributed by atoms with Gasteiger partial charge in [-0.05, 0) is 50.1 Å². The highest BCUT2D eigenvalue weighted by Gasteiger charge is 2.19. The quantitative estimate of drug-likeness (QED) is 0.695. The predicted molar refractivity (Wildman–Crippen MR) is 116 cm³/mol. The highest BCUT2D eigenvalue weighted by molar-refractivity contribution is 5.93. The van der Waals surface area contributed by atoms with Gasteiger partial charge in [-0.2, -0.15) is 0 Å². The minimum absolute atomic E-state index is 0.0268. The molecule has 0 bridgehead atoms. The summed E-state index contributed by atoms with van der Waals surface area (Å²) in [7, 11) is 0. The summed E-state index contributed by atoms with van der Waals surface area (Å²) in [6, 6.07) is 8.76. The second-order valence-corrected chi connectivity index (χ2v) is 7.71. The molecule has 0 spiro atoms. The molecular formula is C22H25N5O3. The van der Waals surface area contributed by atoms with Gasteiger partial charge in [-0.1, -0.05) is 6.42 Å². The monoisotopic (exact) mass is 407 g/mol. The average molecular weight is 407 g/mol. The summed E-state index contributed by atoms with van der Waals surface area (Å²) in [5, 5.41) is 5.53. The van der Waals surface area contributed by atoms with Crippen molar-refractivity contribution in [3.8, 4) is 0 Å². The van der Waals surface area contributed by atoms with Crippen LogP contribution in [0.4, 0.5) is 11.4 Å². The number of rotatable bonds is 4. The van der Waals surface area contributed by atoms with Crippen molar-refractivity contribution in [2.45, 2.75) is 52.6 Å². The summed E-state index contributed by atoms with van der Waals surface area (Å²) >= 11 is 0. The Morgan fingerprint density at radius 3 is 2.47 bits per heavy atom. The summed E-state index contributed by atoms with van der Waals surface area (Å²) in [6.45, 7) is 4.02. The molecule has 156 valence electrons. The molecule has 3 heterocycles. The van der Waals surface area contributed by atoms with Gasteiger partial charge in [0.1, 0.15) is 17.9 Å². The highest BCUT2D eigenvalue weighted by atomic mass is 16.2. The first-order valence-electron chi connectivity index (χ1n) is 10.2. The van der Waals surface area contributed by atoms with E-state index in [2.05, 4.69) is 10.6 Å². The van der Waals surface area contributed by atoms with E-state index in [0.717, 1.165) is 37.2 Å². The first kappa shape index (κ1) is 19.9. The van der Waals surface area contributed by atoms with Crippen LogP contribution in [0.3, 0.4) is 0 Å². The molecule has 2 N–H and O–H groups in total. The molecule has 1 aliphatic rings. The molecule has 1 aromatic carbocycles. The molecule has 0 fully saturated rings. The maximum Gasteiger partial charge on any atom is 0.278 e. The first-order chi connectivity index (χ1) is 14.4. The number of hydrogen-bond acceptors (Lipinski definition) is 4. The van der Waals surface area contributed by atoms with E-state index in [4.69, 9.17) is 4.98 Å². The molecule has 8 heteroatoms. The van der Waals surface area contributed by atoms with Crippen LogP contribution in [-0.4, -0.2) is 25.9 Å². The zero-order chi connectivity index (χ0) is 21.3. The summed E-state index contributed by atoms with van der Waals surface area (Å²) in [4.78, 5) is 41.7. The van der Waals surface area contributed by atoms with E-state index in [0.29, 0.717) is 29.0 Å². The van der Waals surface area contributed by atoms with Crippen molar-refractivity contribution in [2.75, 3.05) is 10.6 Å². The first-order valence-corrected chi connectivity index (χ1v) is 10.2. The standard InChI is InChI=1S/C22H25N5O3/c1-14-12-18-21(22(30)26-11-5-3-4-6-19(26)25-18)27(14)13-20(29)24-17-9-7-16(8-10-17)23-15(2)28/h7-10,12H,3-6,11,13H2,1-2H3,(H,23,28)(H,24,29). The molecular weight excluding hydrogens is 382 g/mol. The maximum atomic E-state index is 13.2. The Bertz CT molecular complexity index is 1170. The molecule has 30 heavy (non-hydrogen) atoms. The molecule has 2 aromatic heterocycles. The lowest BCUT2D eigenvalue weighted by atomic mass is 10.2. The van der Waals surface area contributed by atoms with Crippen LogP contribution in [0.1, 0.15) is 37.7 Å². The molecule has 1 aliphatic heterocycles. The summed E-state index contributed by atoms with van der Waals surface area (Å²) in [5.74, 6) is 0.451. The molecule has 0 unspecified atom stereocenters. The van der Waals surface area contributed by atoms with E-state index < -0.39 is 0 Å². The van der Waals surface area contributed by atoms with Gasteiger partial charge >= 0.3 is 0 Å². The number of aromatic nitrogens is 3. The Labute approximate surface area is 173 Å². The summed E-state index contributed by atoms with van der Waals surface area (Å²) < 4.78 is 3.51. The zero-order valence-corrected chi connectivity index (χ0v) is 17.2. The molecule has 0 atom stereocenters. The lowest BCUT2D eigenvalue weighted by Crippen LogP contribution is -2.28. The van der Waals surface area contributed by atoms with Crippen molar-refractivity contribution < 1.29 is 9.59 Å². The van der Waals surface area contributed by atoms with Crippen molar-refractivity contribution in [3.63, 3.8) is 0 Å². The van der Waals surface area contributed by atoms with Crippen molar-refractivity contribution in [1.29, 1.82) is 0 Å². The van der Waals surface area contributed by atoms with Gasteiger partial charge in [-0.15, -0.1) is 0 Å². The molecule has 4 rings (SSSR count).